The maximum absolute atomic E-state index is 5.52. The molecule has 0 bridgehead atoms. The fraction of sp³-hybridized carbons (Fsp3) is 0.250. The van der Waals surface area contributed by atoms with Crippen LogP contribution in [0.15, 0.2) is 24.3 Å². The largest absolute Gasteiger partial charge is 0.388 e. The number of hydrogen-bond donors (Lipinski definition) is 2. The molecule has 0 spiro atoms. The van der Waals surface area contributed by atoms with Crippen LogP contribution in [0.25, 0.3) is 0 Å². The van der Waals surface area contributed by atoms with Gasteiger partial charge in [0.2, 0.25) is 0 Å². The quantitative estimate of drug-likeness (QED) is 0.490. The second-order valence-electron chi connectivity index (χ2n) is 2.41. The van der Waals surface area contributed by atoms with Crippen LogP contribution in [0.4, 0.5) is 11.4 Å². The molecule has 0 saturated carbocycles. The normalized spacial score (nSPS) is 9.36. The Morgan fingerprint density at radius 2 is 1.82 bits per heavy atom. The maximum Gasteiger partial charge on any atom is 0.0515 e. The molecule has 0 aliphatic heterocycles. The predicted molar refractivity (Wildman–Crippen MR) is 48.6 cm³/mol. The molecule has 0 saturated heterocycles. The monoisotopic (exact) mass is 151 g/mol. The lowest BCUT2D eigenvalue weighted by atomic mass is 10.3. The molecule has 0 unspecified atom stereocenters. The first kappa shape index (κ1) is 7.88. The molecule has 1 rings (SSSR count). The Morgan fingerprint density at radius 1 is 1.27 bits per heavy atom. The predicted octanol–water partition coefficient (Wildman–Crippen LogP) is 1.04. The standard InChI is InChI=1S/C8H13N3/c1-10-7-3-5-8(6-4-7)11(2)9/h3-6,10H,9H2,1-2H3. The number of benzene rings is 1. The Labute approximate surface area is 66.8 Å². The Morgan fingerprint density at radius 3 is 2.18 bits per heavy atom. The van der Waals surface area contributed by atoms with Crippen LogP contribution in [0, 0.1) is 0 Å². The molecule has 0 fully saturated rings. The van der Waals surface area contributed by atoms with Crippen molar-refractivity contribution in [1.82, 2.24) is 0 Å². The highest BCUT2D eigenvalue weighted by molar-refractivity contribution is 5.53. The van der Waals surface area contributed by atoms with Crippen LogP contribution in [0.3, 0.4) is 0 Å². The van der Waals surface area contributed by atoms with Crippen molar-refractivity contribution < 1.29 is 0 Å². The van der Waals surface area contributed by atoms with Crippen molar-refractivity contribution in [3.8, 4) is 0 Å². The van der Waals surface area contributed by atoms with E-state index in [-0.39, 0.29) is 0 Å². The minimum absolute atomic E-state index is 1.00. The van der Waals surface area contributed by atoms with E-state index in [1.54, 1.807) is 5.01 Å². The summed E-state index contributed by atoms with van der Waals surface area (Å²) in [7, 11) is 3.70. The van der Waals surface area contributed by atoms with Gasteiger partial charge < -0.3 is 10.3 Å². The van der Waals surface area contributed by atoms with Crippen molar-refractivity contribution >= 4 is 11.4 Å². The van der Waals surface area contributed by atoms with E-state index in [4.69, 9.17) is 5.84 Å². The van der Waals surface area contributed by atoms with Crippen molar-refractivity contribution in [2.75, 3.05) is 24.4 Å². The molecule has 1 aromatic carbocycles. The van der Waals surface area contributed by atoms with Gasteiger partial charge in [0.15, 0.2) is 0 Å². The molecular formula is C8H13N3. The van der Waals surface area contributed by atoms with Gasteiger partial charge in [-0.25, -0.2) is 5.84 Å². The summed E-state index contributed by atoms with van der Waals surface area (Å²) in [6.07, 6.45) is 0. The van der Waals surface area contributed by atoms with Gasteiger partial charge in [0.1, 0.15) is 0 Å². The van der Waals surface area contributed by atoms with E-state index in [2.05, 4.69) is 5.32 Å². The highest BCUT2D eigenvalue weighted by Crippen LogP contribution is 2.13. The zero-order chi connectivity index (χ0) is 8.27. The summed E-state index contributed by atoms with van der Waals surface area (Å²) >= 11 is 0. The molecule has 11 heavy (non-hydrogen) atoms. The Balaban J connectivity index is 2.83. The van der Waals surface area contributed by atoms with E-state index < -0.39 is 0 Å². The number of nitrogens with two attached hydrogens (primary N) is 1. The summed E-state index contributed by atoms with van der Waals surface area (Å²) in [5, 5.41) is 4.62. The number of hydrogen-bond acceptors (Lipinski definition) is 3. The lowest BCUT2D eigenvalue weighted by Gasteiger charge is -2.11. The summed E-state index contributed by atoms with van der Waals surface area (Å²) in [6, 6.07) is 7.90. The number of hydrazine groups is 1. The van der Waals surface area contributed by atoms with Crippen LogP contribution in [-0.4, -0.2) is 14.1 Å². The lowest BCUT2D eigenvalue weighted by molar-refractivity contribution is 1.02. The van der Waals surface area contributed by atoms with E-state index in [1.165, 1.54) is 0 Å². The number of nitrogens with zero attached hydrogens (tertiary/aromatic N) is 1. The smallest absolute Gasteiger partial charge is 0.0515 e. The Kier molecular flexibility index (Phi) is 2.33. The second-order valence-corrected chi connectivity index (χ2v) is 2.41. The van der Waals surface area contributed by atoms with E-state index >= 15 is 0 Å². The first-order valence-electron chi connectivity index (χ1n) is 3.50. The topological polar surface area (TPSA) is 41.3 Å². The Bertz CT molecular complexity index is 215. The first-order chi connectivity index (χ1) is 5.24. The number of nitrogens with one attached hydrogen (secondary N) is 1. The molecule has 0 aliphatic carbocycles. The molecule has 3 N–H and O–H groups in total. The highest BCUT2D eigenvalue weighted by Gasteiger charge is 1.93. The van der Waals surface area contributed by atoms with E-state index in [1.807, 2.05) is 38.4 Å². The maximum atomic E-state index is 5.52. The molecule has 60 valence electrons. The van der Waals surface area contributed by atoms with Crippen LogP contribution in [0.5, 0.6) is 0 Å². The molecule has 3 nitrogen and oxygen atoms in total. The van der Waals surface area contributed by atoms with Gasteiger partial charge in [-0.3, -0.25) is 0 Å². The molecule has 0 heterocycles. The van der Waals surface area contributed by atoms with E-state index in [0.717, 1.165) is 11.4 Å². The minimum Gasteiger partial charge on any atom is -0.388 e. The van der Waals surface area contributed by atoms with Gasteiger partial charge in [-0.05, 0) is 24.3 Å². The fourth-order valence-electron chi connectivity index (χ4n) is 0.863. The van der Waals surface area contributed by atoms with Crippen LogP contribution < -0.4 is 16.2 Å². The van der Waals surface area contributed by atoms with Crippen molar-refractivity contribution in [3.63, 3.8) is 0 Å². The van der Waals surface area contributed by atoms with Gasteiger partial charge in [0.05, 0.1) is 5.69 Å². The van der Waals surface area contributed by atoms with Crippen molar-refractivity contribution in [2.24, 2.45) is 5.84 Å². The molecule has 0 aromatic heterocycles. The average molecular weight is 151 g/mol. The zero-order valence-corrected chi connectivity index (χ0v) is 6.83. The van der Waals surface area contributed by atoms with E-state index in [9.17, 15) is 0 Å². The molecule has 0 amide bonds. The third kappa shape index (κ3) is 1.85. The number of anilines is 2. The first-order valence-corrected chi connectivity index (χ1v) is 3.50. The second kappa shape index (κ2) is 3.25. The highest BCUT2D eigenvalue weighted by atomic mass is 15.4. The van der Waals surface area contributed by atoms with Gasteiger partial charge in [0, 0.05) is 19.8 Å². The van der Waals surface area contributed by atoms with Crippen LogP contribution in [0.1, 0.15) is 0 Å². The summed E-state index contributed by atoms with van der Waals surface area (Å²) in [4.78, 5) is 0. The van der Waals surface area contributed by atoms with Crippen molar-refractivity contribution in [1.29, 1.82) is 0 Å². The Hall–Kier alpha value is -1.22. The van der Waals surface area contributed by atoms with Gasteiger partial charge in [0.25, 0.3) is 0 Å². The lowest BCUT2D eigenvalue weighted by Crippen LogP contribution is -2.24. The fourth-order valence-corrected chi connectivity index (χ4v) is 0.863. The van der Waals surface area contributed by atoms with Gasteiger partial charge in [-0.2, -0.15) is 0 Å². The van der Waals surface area contributed by atoms with Gasteiger partial charge >= 0.3 is 0 Å². The van der Waals surface area contributed by atoms with Crippen LogP contribution in [-0.2, 0) is 0 Å². The third-order valence-electron chi connectivity index (χ3n) is 1.56. The van der Waals surface area contributed by atoms with E-state index in [0.29, 0.717) is 0 Å². The average Bonchev–Trinajstić information content (AvgIpc) is 2.05. The molecule has 0 atom stereocenters. The molecule has 3 heteroatoms. The SMILES string of the molecule is CNc1ccc(N(C)N)cc1. The molecule has 1 aromatic rings. The molecule has 0 radical (unpaired) electrons. The zero-order valence-electron chi connectivity index (χ0n) is 6.83. The summed E-state index contributed by atoms with van der Waals surface area (Å²) in [5.41, 5.74) is 2.10. The minimum atomic E-state index is 1.00. The van der Waals surface area contributed by atoms with Crippen LogP contribution in [0.2, 0.25) is 0 Å². The summed E-state index contributed by atoms with van der Waals surface area (Å²) in [5.74, 6) is 5.52. The summed E-state index contributed by atoms with van der Waals surface area (Å²) < 4.78 is 0. The third-order valence-corrected chi connectivity index (χ3v) is 1.56. The summed E-state index contributed by atoms with van der Waals surface area (Å²) in [6.45, 7) is 0. The van der Waals surface area contributed by atoms with Crippen molar-refractivity contribution in [2.45, 2.75) is 0 Å². The molecule has 0 aliphatic rings. The van der Waals surface area contributed by atoms with Gasteiger partial charge in [-0.1, -0.05) is 0 Å². The number of rotatable bonds is 2. The van der Waals surface area contributed by atoms with Gasteiger partial charge in [-0.15, -0.1) is 0 Å². The van der Waals surface area contributed by atoms with Crippen LogP contribution >= 0.6 is 0 Å². The molecular weight excluding hydrogens is 138 g/mol. The van der Waals surface area contributed by atoms with Crippen molar-refractivity contribution in [3.05, 3.63) is 24.3 Å².